The minimum Gasteiger partial charge on any atom is -0.362 e. The molecule has 1 aromatic rings. The van der Waals surface area contributed by atoms with E-state index in [4.69, 9.17) is 0 Å². The predicted octanol–water partition coefficient (Wildman–Crippen LogP) is 1.01. The van der Waals surface area contributed by atoms with Crippen molar-refractivity contribution in [3.63, 3.8) is 0 Å². The van der Waals surface area contributed by atoms with Crippen molar-refractivity contribution < 1.29 is 19.8 Å². The predicted molar refractivity (Wildman–Crippen MR) is 64.8 cm³/mol. The minimum absolute atomic E-state index is 0.105. The van der Waals surface area contributed by atoms with Crippen molar-refractivity contribution >= 4 is 11.6 Å². The van der Waals surface area contributed by atoms with Crippen molar-refractivity contribution in [1.82, 2.24) is 0 Å². The van der Waals surface area contributed by atoms with E-state index in [1.807, 2.05) is 0 Å². The summed E-state index contributed by atoms with van der Waals surface area (Å²) in [5.74, 6) is -3.18. The second-order valence-electron chi connectivity index (χ2n) is 4.10. The molecule has 1 aromatic carbocycles. The average Bonchev–Trinajstić information content (AvgIpc) is 2.38. The van der Waals surface area contributed by atoms with Crippen LogP contribution in [0.25, 0.3) is 0 Å². The first-order chi connectivity index (χ1) is 8.49. The lowest BCUT2D eigenvalue weighted by molar-refractivity contribution is -0.116. The number of rotatable bonds is 3. The SMILES string of the molecule is O=C(C(=O)c1ccccc1)C1=CCC(O)(O)C=C1. The number of hydrogen-bond acceptors (Lipinski definition) is 4. The Morgan fingerprint density at radius 2 is 1.72 bits per heavy atom. The molecule has 18 heavy (non-hydrogen) atoms. The molecule has 1 aliphatic rings. The summed E-state index contributed by atoms with van der Waals surface area (Å²) in [7, 11) is 0. The lowest BCUT2D eigenvalue weighted by atomic mass is 9.95. The van der Waals surface area contributed by atoms with Gasteiger partial charge in [0.05, 0.1) is 0 Å². The molecule has 1 aliphatic carbocycles. The molecule has 4 nitrogen and oxygen atoms in total. The van der Waals surface area contributed by atoms with Crippen LogP contribution in [0.15, 0.2) is 54.1 Å². The van der Waals surface area contributed by atoms with Crippen molar-refractivity contribution in [3.8, 4) is 0 Å². The van der Waals surface area contributed by atoms with Crippen LogP contribution in [0.1, 0.15) is 16.8 Å². The van der Waals surface area contributed by atoms with Crippen molar-refractivity contribution in [1.29, 1.82) is 0 Å². The van der Waals surface area contributed by atoms with Gasteiger partial charge in [0.1, 0.15) is 0 Å². The van der Waals surface area contributed by atoms with Gasteiger partial charge in [-0.15, -0.1) is 0 Å². The van der Waals surface area contributed by atoms with Crippen LogP contribution in [0.3, 0.4) is 0 Å². The van der Waals surface area contributed by atoms with E-state index in [0.29, 0.717) is 5.56 Å². The van der Waals surface area contributed by atoms with Crippen LogP contribution in [-0.4, -0.2) is 27.6 Å². The molecule has 0 saturated heterocycles. The Morgan fingerprint density at radius 1 is 1.06 bits per heavy atom. The number of ketones is 2. The molecule has 0 aliphatic heterocycles. The zero-order valence-electron chi connectivity index (χ0n) is 9.54. The first kappa shape index (κ1) is 12.4. The number of aliphatic hydroxyl groups is 2. The van der Waals surface area contributed by atoms with Crippen LogP contribution in [-0.2, 0) is 4.79 Å². The summed E-state index contributed by atoms with van der Waals surface area (Å²) in [4.78, 5) is 23.7. The normalized spacial score (nSPS) is 17.1. The van der Waals surface area contributed by atoms with Gasteiger partial charge in [-0.05, 0) is 12.2 Å². The second kappa shape index (κ2) is 4.68. The second-order valence-corrected chi connectivity index (χ2v) is 4.10. The fourth-order valence-electron chi connectivity index (χ4n) is 1.64. The van der Waals surface area contributed by atoms with Crippen molar-refractivity contribution in [2.45, 2.75) is 12.2 Å². The first-order valence-electron chi connectivity index (χ1n) is 5.48. The van der Waals surface area contributed by atoms with E-state index in [-0.39, 0.29) is 12.0 Å². The molecule has 0 aromatic heterocycles. The van der Waals surface area contributed by atoms with Crippen LogP contribution in [0.5, 0.6) is 0 Å². The zero-order chi connectivity index (χ0) is 13.2. The minimum atomic E-state index is -1.93. The average molecular weight is 244 g/mol. The Kier molecular flexibility index (Phi) is 3.23. The highest BCUT2D eigenvalue weighted by Crippen LogP contribution is 2.19. The highest BCUT2D eigenvalue weighted by molar-refractivity contribution is 6.49. The standard InChI is InChI=1S/C14H12O4/c15-12(10-4-2-1-3-5-10)13(16)11-6-8-14(17,18)9-7-11/h1-8,17-18H,9H2. The summed E-state index contributed by atoms with van der Waals surface area (Å²) in [6, 6.07) is 8.24. The summed E-state index contributed by atoms with van der Waals surface area (Å²) < 4.78 is 0. The summed E-state index contributed by atoms with van der Waals surface area (Å²) in [5, 5.41) is 18.5. The molecule has 2 N–H and O–H groups in total. The third kappa shape index (κ3) is 2.61. The molecule has 0 amide bonds. The number of carbonyl (C=O) groups excluding carboxylic acids is 2. The lowest BCUT2D eigenvalue weighted by Gasteiger charge is -2.19. The molecular formula is C14H12O4. The van der Waals surface area contributed by atoms with Gasteiger partial charge in [0.25, 0.3) is 0 Å². The molecule has 0 atom stereocenters. The molecular weight excluding hydrogens is 232 g/mol. The fourth-order valence-corrected chi connectivity index (χ4v) is 1.64. The lowest BCUT2D eigenvalue weighted by Crippen LogP contribution is -2.27. The Bertz CT molecular complexity index is 538. The number of benzene rings is 1. The summed E-state index contributed by atoms with van der Waals surface area (Å²) in [6.07, 6.45) is 3.60. The van der Waals surface area contributed by atoms with Crippen molar-refractivity contribution in [3.05, 3.63) is 59.7 Å². The van der Waals surface area contributed by atoms with Gasteiger partial charge in [-0.2, -0.15) is 0 Å². The van der Waals surface area contributed by atoms with E-state index in [1.165, 1.54) is 12.2 Å². The highest BCUT2D eigenvalue weighted by Gasteiger charge is 2.25. The van der Waals surface area contributed by atoms with Crippen LogP contribution in [0.4, 0.5) is 0 Å². The molecule has 0 radical (unpaired) electrons. The van der Waals surface area contributed by atoms with Crippen LogP contribution in [0.2, 0.25) is 0 Å². The van der Waals surface area contributed by atoms with Crippen molar-refractivity contribution in [2.75, 3.05) is 0 Å². The zero-order valence-corrected chi connectivity index (χ0v) is 9.54. The molecule has 0 saturated carbocycles. The van der Waals surface area contributed by atoms with Crippen LogP contribution < -0.4 is 0 Å². The van der Waals surface area contributed by atoms with E-state index < -0.39 is 17.4 Å². The van der Waals surface area contributed by atoms with Gasteiger partial charge in [0.15, 0.2) is 5.79 Å². The molecule has 0 bridgehead atoms. The quantitative estimate of drug-likeness (QED) is 0.472. The fraction of sp³-hybridized carbons (Fsp3) is 0.143. The molecule has 92 valence electrons. The van der Waals surface area contributed by atoms with E-state index in [0.717, 1.165) is 6.08 Å². The molecule has 0 heterocycles. The smallest absolute Gasteiger partial charge is 0.233 e. The maximum Gasteiger partial charge on any atom is 0.233 e. The van der Waals surface area contributed by atoms with E-state index >= 15 is 0 Å². The Labute approximate surface area is 104 Å². The summed E-state index contributed by atoms with van der Waals surface area (Å²) in [6.45, 7) is 0. The molecule has 0 unspecified atom stereocenters. The van der Waals surface area contributed by atoms with Crippen molar-refractivity contribution in [2.24, 2.45) is 0 Å². The Balaban J connectivity index is 2.17. The summed E-state index contributed by atoms with van der Waals surface area (Å²) >= 11 is 0. The number of carbonyl (C=O) groups is 2. The van der Waals surface area contributed by atoms with Gasteiger partial charge >= 0.3 is 0 Å². The molecule has 2 rings (SSSR count). The van der Waals surface area contributed by atoms with Gasteiger partial charge < -0.3 is 10.2 Å². The highest BCUT2D eigenvalue weighted by atomic mass is 16.5. The number of allylic oxidation sites excluding steroid dienone is 2. The maximum atomic E-state index is 11.9. The monoisotopic (exact) mass is 244 g/mol. The first-order valence-corrected chi connectivity index (χ1v) is 5.48. The number of Topliss-reactive ketones (excluding diaryl/α,β-unsaturated/α-hetero) is 2. The topological polar surface area (TPSA) is 74.6 Å². The molecule has 0 fully saturated rings. The maximum absolute atomic E-state index is 11.9. The Hall–Kier alpha value is -2.04. The largest absolute Gasteiger partial charge is 0.362 e. The molecule has 0 spiro atoms. The van der Waals surface area contributed by atoms with Gasteiger partial charge in [-0.3, -0.25) is 9.59 Å². The number of hydrogen-bond donors (Lipinski definition) is 2. The third-order valence-corrected chi connectivity index (χ3v) is 2.66. The summed E-state index contributed by atoms with van der Waals surface area (Å²) in [5.41, 5.74) is 0.504. The Morgan fingerprint density at radius 3 is 2.28 bits per heavy atom. The van der Waals surface area contributed by atoms with E-state index in [2.05, 4.69) is 0 Å². The van der Waals surface area contributed by atoms with E-state index in [1.54, 1.807) is 30.3 Å². The van der Waals surface area contributed by atoms with E-state index in [9.17, 15) is 19.8 Å². The van der Waals surface area contributed by atoms with Gasteiger partial charge in [0, 0.05) is 17.6 Å². The van der Waals surface area contributed by atoms with Crippen LogP contribution in [0, 0.1) is 0 Å². The van der Waals surface area contributed by atoms with Gasteiger partial charge in [-0.1, -0.05) is 36.4 Å². The molecule has 4 heteroatoms. The third-order valence-electron chi connectivity index (χ3n) is 2.66. The van der Waals surface area contributed by atoms with Gasteiger partial charge in [0.2, 0.25) is 11.6 Å². The van der Waals surface area contributed by atoms with Gasteiger partial charge in [-0.25, -0.2) is 0 Å². The van der Waals surface area contributed by atoms with Crippen LogP contribution >= 0.6 is 0 Å².